The van der Waals surface area contributed by atoms with E-state index in [1.165, 1.54) is 0 Å². The molecule has 1 fully saturated rings. The SMILES string of the molecule is COc1ccc(N2CC(N)C2)cc1OC. The summed E-state index contributed by atoms with van der Waals surface area (Å²) in [5, 5.41) is 0. The molecule has 1 aromatic rings. The Hall–Kier alpha value is -1.42. The Bertz CT molecular complexity index is 348. The maximum Gasteiger partial charge on any atom is 0.162 e. The Morgan fingerprint density at radius 1 is 1.20 bits per heavy atom. The molecule has 0 aliphatic carbocycles. The fourth-order valence-corrected chi connectivity index (χ4v) is 1.75. The van der Waals surface area contributed by atoms with Gasteiger partial charge >= 0.3 is 0 Å². The second-order valence-electron chi connectivity index (χ2n) is 3.70. The van der Waals surface area contributed by atoms with E-state index in [0.29, 0.717) is 6.04 Å². The third-order valence-corrected chi connectivity index (χ3v) is 2.64. The van der Waals surface area contributed by atoms with Crippen molar-refractivity contribution in [1.29, 1.82) is 0 Å². The van der Waals surface area contributed by atoms with Gasteiger partial charge in [-0.25, -0.2) is 0 Å². The van der Waals surface area contributed by atoms with E-state index in [0.717, 1.165) is 30.3 Å². The van der Waals surface area contributed by atoms with Crippen molar-refractivity contribution in [2.24, 2.45) is 5.73 Å². The van der Waals surface area contributed by atoms with Gasteiger partial charge in [-0.15, -0.1) is 0 Å². The smallest absolute Gasteiger partial charge is 0.162 e. The first-order valence-corrected chi connectivity index (χ1v) is 4.97. The maximum absolute atomic E-state index is 5.74. The second-order valence-corrected chi connectivity index (χ2v) is 3.70. The molecule has 4 nitrogen and oxygen atoms in total. The van der Waals surface area contributed by atoms with Crippen LogP contribution >= 0.6 is 0 Å². The highest BCUT2D eigenvalue weighted by atomic mass is 16.5. The summed E-state index contributed by atoms with van der Waals surface area (Å²) in [6, 6.07) is 6.22. The lowest BCUT2D eigenvalue weighted by Gasteiger charge is -2.39. The average Bonchev–Trinajstić information content (AvgIpc) is 2.24. The molecular formula is C11H16N2O2. The van der Waals surface area contributed by atoms with Crippen molar-refractivity contribution in [3.05, 3.63) is 18.2 Å². The van der Waals surface area contributed by atoms with Gasteiger partial charge in [0.1, 0.15) is 0 Å². The van der Waals surface area contributed by atoms with Crippen LogP contribution < -0.4 is 20.1 Å². The normalized spacial score (nSPS) is 16.1. The van der Waals surface area contributed by atoms with Crippen LogP contribution in [0.15, 0.2) is 18.2 Å². The summed E-state index contributed by atoms with van der Waals surface area (Å²) in [5.74, 6) is 1.52. The van der Waals surface area contributed by atoms with Gasteiger partial charge in [0.2, 0.25) is 0 Å². The number of nitrogens with two attached hydrogens (primary N) is 1. The maximum atomic E-state index is 5.74. The largest absolute Gasteiger partial charge is 0.493 e. The van der Waals surface area contributed by atoms with Crippen molar-refractivity contribution in [2.75, 3.05) is 32.2 Å². The molecule has 1 saturated heterocycles. The summed E-state index contributed by atoms with van der Waals surface area (Å²) in [6.45, 7) is 1.82. The molecule has 2 rings (SSSR count). The molecule has 0 atom stereocenters. The van der Waals surface area contributed by atoms with Gasteiger partial charge in [-0.2, -0.15) is 0 Å². The van der Waals surface area contributed by atoms with Gasteiger partial charge < -0.3 is 20.1 Å². The molecule has 0 saturated carbocycles. The Morgan fingerprint density at radius 2 is 1.87 bits per heavy atom. The number of hydrogen-bond donors (Lipinski definition) is 1. The molecule has 0 bridgehead atoms. The highest BCUT2D eigenvalue weighted by Crippen LogP contribution is 2.32. The summed E-state index contributed by atoms with van der Waals surface area (Å²) in [5.41, 5.74) is 6.87. The quantitative estimate of drug-likeness (QED) is 0.800. The Morgan fingerprint density at radius 3 is 2.40 bits per heavy atom. The summed E-state index contributed by atoms with van der Waals surface area (Å²) in [6.07, 6.45) is 0. The van der Waals surface area contributed by atoms with E-state index in [1.807, 2.05) is 18.2 Å². The van der Waals surface area contributed by atoms with E-state index < -0.39 is 0 Å². The molecule has 1 aliphatic heterocycles. The molecule has 0 spiro atoms. The predicted octanol–water partition coefficient (Wildman–Crippen LogP) is 0.851. The van der Waals surface area contributed by atoms with E-state index in [9.17, 15) is 0 Å². The first kappa shape index (κ1) is 10.1. The van der Waals surface area contributed by atoms with Crippen LogP contribution in [-0.4, -0.2) is 33.4 Å². The van der Waals surface area contributed by atoms with Crippen molar-refractivity contribution in [2.45, 2.75) is 6.04 Å². The minimum absolute atomic E-state index is 0.304. The number of rotatable bonds is 3. The molecule has 15 heavy (non-hydrogen) atoms. The number of benzene rings is 1. The van der Waals surface area contributed by atoms with Crippen molar-refractivity contribution in [1.82, 2.24) is 0 Å². The Balaban J connectivity index is 2.19. The minimum atomic E-state index is 0.304. The number of anilines is 1. The highest BCUT2D eigenvalue weighted by molar-refractivity contribution is 5.58. The number of ether oxygens (including phenoxy) is 2. The first-order valence-electron chi connectivity index (χ1n) is 4.97. The van der Waals surface area contributed by atoms with Crippen molar-refractivity contribution in [3.8, 4) is 11.5 Å². The molecule has 2 N–H and O–H groups in total. The van der Waals surface area contributed by atoms with Crippen LogP contribution in [0.25, 0.3) is 0 Å². The standard InChI is InChI=1S/C11H16N2O2/c1-14-10-4-3-9(5-11(10)15-2)13-6-8(12)7-13/h3-5,8H,6-7,12H2,1-2H3. The zero-order chi connectivity index (χ0) is 10.8. The average molecular weight is 208 g/mol. The van der Waals surface area contributed by atoms with E-state index in [1.54, 1.807) is 14.2 Å². The topological polar surface area (TPSA) is 47.7 Å². The van der Waals surface area contributed by atoms with Crippen molar-refractivity contribution >= 4 is 5.69 Å². The van der Waals surface area contributed by atoms with E-state index in [2.05, 4.69) is 4.90 Å². The molecule has 0 aromatic heterocycles. The Kier molecular flexibility index (Phi) is 2.68. The number of hydrogen-bond acceptors (Lipinski definition) is 4. The van der Waals surface area contributed by atoms with Crippen LogP contribution in [0.5, 0.6) is 11.5 Å². The summed E-state index contributed by atoms with van der Waals surface area (Å²) in [4.78, 5) is 2.21. The van der Waals surface area contributed by atoms with E-state index in [-0.39, 0.29) is 0 Å². The number of nitrogens with zero attached hydrogens (tertiary/aromatic N) is 1. The van der Waals surface area contributed by atoms with Gasteiger partial charge in [-0.05, 0) is 12.1 Å². The minimum Gasteiger partial charge on any atom is -0.493 e. The monoisotopic (exact) mass is 208 g/mol. The van der Waals surface area contributed by atoms with Gasteiger partial charge in [0, 0.05) is 30.9 Å². The molecule has 4 heteroatoms. The fourth-order valence-electron chi connectivity index (χ4n) is 1.75. The molecule has 1 heterocycles. The van der Waals surface area contributed by atoms with Gasteiger partial charge in [0.25, 0.3) is 0 Å². The van der Waals surface area contributed by atoms with Gasteiger partial charge in [-0.1, -0.05) is 0 Å². The lowest BCUT2D eigenvalue weighted by atomic mass is 10.1. The molecule has 0 radical (unpaired) electrons. The molecule has 82 valence electrons. The molecule has 0 unspecified atom stereocenters. The lowest BCUT2D eigenvalue weighted by molar-refractivity contribution is 0.354. The third kappa shape index (κ3) is 1.85. The van der Waals surface area contributed by atoms with Gasteiger partial charge in [0.05, 0.1) is 14.2 Å². The molecule has 0 amide bonds. The van der Waals surface area contributed by atoms with Crippen molar-refractivity contribution < 1.29 is 9.47 Å². The summed E-state index contributed by atoms with van der Waals surface area (Å²) < 4.78 is 10.4. The van der Waals surface area contributed by atoms with Crippen LogP contribution in [0.2, 0.25) is 0 Å². The van der Waals surface area contributed by atoms with Crippen LogP contribution in [-0.2, 0) is 0 Å². The van der Waals surface area contributed by atoms with E-state index in [4.69, 9.17) is 15.2 Å². The third-order valence-electron chi connectivity index (χ3n) is 2.64. The van der Waals surface area contributed by atoms with E-state index >= 15 is 0 Å². The first-order chi connectivity index (χ1) is 7.24. The zero-order valence-corrected chi connectivity index (χ0v) is 9.06. The Labute approximate surface area is 89.6 Å². The van der Waals surface area contributed by atoms with Crippen LogP contribution in [0.1, 0.15) is 0 Å². The summed E-state index contributed by atoms with van der Waals surface area (Å²) >= 11 is 0. The van der Waals surface area contributed by atoms with Gasteiger partial charge in [-0.3, -0.25) is 0 Å². The second kappa shape index (κ2) is 3.98. The van der Waals surface area contributed by atoms with Crippen LogP contribution in [0.3, 0.4) is 0 Å². The summed E-state index contributed by atoms with van der Waals surface area (Å²) in [7, 11) is 3.28. The lowest BCUT2D eigenvalue weighted by Crippen LogP contribution is -2.55. The predicted molar refractivity (Wildman–Crippen MR) is 59.7 cm³/mol. The molecule has 1 aromatic carbocycles. The van der Waals surface area contributed by atoms with Crippen LogP contribution in [0, 0.1) is 0 Å². The van der Waals surface area contributed by atoms with Gasteiger partial charge in [0.15, 0.2) is 11.5 Å². The zero-order valence-electron chi connectivity index (χ0n) is 9.06. The fraction of sp³-hybridized carbons (Fsp3) is 0.455. The highest BCUT2D eigenvalue weighted by Gasteiger charge is 2.23. The van der Waals surface area contributed by atoms with Crippen molar-refractivity contribution in [3.63, 3.8) is 0 Å². The van der Waals surface area contributed by atoms with Crippen LogP contribution in [0.4, 0.5) is 5.69 Å². The molecular weight excluding hydrogens is 192 g/mol. The molecule has 1 aliphatic rings. The number of methoxy groups -OCH3 is 2.